The van der Waals surface area contributed by atoms with Gasteiger partial charge in [0.1, 0.15) is 4.88 Å². The number of thiazole rings is 1. The van der Waals surface area contributed by atoms with Crippen molar-refractivity contribution in [2.45, 2.75) is 33.1 Å². The molecule has 2 aromatic heterocycles. The standard InChI is InChI=1S/C11H14N2O2S/c1-3-4-5-8-9(10(14)15)16-11-12-6-7(2)13(8)11/h6H,3-5H2,1-2H3,(H,14,15). The normalized spacial score (nSPS) is 11.1. The third-order valence-corrected chi connectivity index (χ3v) is 3.68. The molecule has 86 valence electrons. The van der Waals surface area contributed by atoms with Crippen molar-refractivity contribution in [3.05, 3.63) is 22.5 Å². The molecule has 2 rings (SSSR count). The maximum absolute atomic E-state index is 11.1. The van der Waals surface area contributed by atoms with Crippen molar-refractivity contribution in [1.29, 1.82) is 0 Å². The van der Waals surface area contributed by atoms with Crippen LogP contribution in [0.3, 0.4) is 0 Å². The summed E-state index contributed by atoms with van der Waals surface area (Å²) in [7, 11) is 0. The predicted molar refractivity (Wildman–Crippen MR) is 63.4 cm³/mol. The quantitative estimate of drug-likeness (QED) is 0.891. The highest BCUT2D eigenvalue weighted by Crippen LogP contribution is 2.25. The zero-order chi connectivity index (χ0) is 11.7. The number of hydrogen-bond donors (Lipinski definition) is 1. The molecule has 0 aliphatic heterocycles. The Morgan fingerprint density at radius 2 is 2.38 bits per heavy atom. The SMILES string of the molecule is CCCCc1c(C(=O)O)sc2ncc(C)n12. The summed E-state index contributed by atoms with van der Waals surface area (Å²) in [5, 5.41) is 9.14. The second-order valence-corrected chi connectivity index (χ2v) is 4.78. The Labute approximate surface area is 97.6 Å². The number of rotatable bonds is 4. The monoisotopic (exact) mass is 238 g/mol. The Hall–Kier alpha value is -1.36. The molecule has 4 nitrogen and oxygen atoms in total. The molecule has 0 aliphatic carbocycles. The number of fused-ring (bicyclic) bond motifs is 1. The average Bonchev–Trinajstić information content (AvgIpc) is 2.76. The Bertz CT molecular complexity index is 527. The molecule has 0 spiro atoms. The molecule has 0 saturated carbocycles. The van der Waals surface area contributed by atoms with Crippen molar-refractivity contribution in [3.8, 4) is 0 Å². The third kappa shape index (κ3) is 1.71. The van der Waals surface area contributed by atoms with Crippen LogP contribution in [0.25, 0.3) is 4.96 Å². The van der Waals surface area contributed by atoms with Gasteiger partial charge in [-0.15, -0.1) is 0 Å². The van der Waals surface area contributed by atoms with Crippen molar-refractivity contribution in [3.63, 3.8) is 0 Å². The fraction of sp³-hybridized carbons (Fsp3) is 0.455. The Kier molecular flexibility index (Phi) is 2.96. The van der Waals surface area contributed by atoms with Crippen molar-refractivity contribution in [2.75, 3.05) is 0 Å². The smallest absolute Gasteiger partial charge is 0.347 e. The van der Waals surface area contributed by atoms with Gasteiger partial charge in [-0.3, -0.25) is 4.40 Å². The van der Waals surface area contributed by atoms with Gasteiger partial charge in [-0.1, -0.05) is 24.7 Å². The summed E-state index contributed by atoms with van der Waals surface area (Å²) in [5.41, 5.74) is 1.90. The van der Waals surface area contributed by atoms with E-state index in [0.717, 1.165) is 35.6 Å². The van der Waals surface area contributed by atoms with E-state index in [1.165, 1.54) is 11.3 Å². The molecule has 2 heterocycles. The molecule has 0 saturated heterocycles. The van der Waals surface area contributed by atoms with E-state index in [0.29, 0.717) is 4.88 Å². The molecule has 0 aliphatic rings. The van der Waals surface area contributed by atoms with E-state index in [4.69, 9.17) is 5.11 Å². The first-order chi connectivity index (χ1) is 7.65. The second-order valence-electron chi connectivity index (χ2n) is 3.80. The molecule has 0 fully saturated rings. The number of aromatic carboxylic acids is 1. The summed E-state index contributed by atoms with van der Waals surface area (Å²) in [6, 6.07) is 0. The minimum absolute atomic E-state index is 0.430. The minimum Gasteiger partial charge on any atom is -0.477 e. The van der Waals surface area contributed by atoms with Gasteiger partial charge in [-0.25, -0.2) is 9.78 Å². The van der Waals surface area contributed by atoms with Gasteiger partial charge in [0.05, 0.1) is 0 Å². The largest absolute Gasteiger partial charge is 0.477 e. The summed E-state index contributed by atoms with van der Waals surface area (Å²) in [4.78, 5) is 16.6. The lowest BCUT2D eigenvalue weighted by Gasteiger charge is -2.01. The number of nitrogens with zero attached hydrogens (tertiary/aromatic N) is 2. The van der Waals surface area contributed by atoms with Gasteiger partial charge in [0.15, 0.2) is 4.96 Å². The summed E-state index contributed by atoms with van der Waals surface area (Å²) in [6.07, 6.45) is 4.65. The molecular formula is C11H14N2O2S. The van der Waals surface area contributed by atoms with Gasteiger partial charge in [0.25, 0.3) is 0 Å². The van der Waals surface area contributed by atoms with Crippen molar-refractivity contribution < 1.29 is 9.90 Å². The molecule has 0 unspecified atom stereocenters. The van der Waals surface area contributed by atoms with Gasteiger partial charge >= 0.3 is 5.97 Å². The zero-order valence-electron chi connectivity index (χ0n) is 9.36. The molecule has 0 aromatic carbocycles. The van der Waals surface area contributed by atoms with E-state index < -0.39 is 5.97 Å². The fourth-order valence-electron chi connectivity index (χ4n) is 1.80. The first-order valence-electron chi connectivity index (χ1n) is 5.34. The number of unbranched alkanes of at least 4 members (excludes halogenated alkanes) is 1. The molecule has 2 aromatic rings. The number of aromatic nitrogens is 2. The van der Waals surface area contributed by atoms with Crippen LogP contribution in [-0.2, 0) is 6.42 Å². The lowest BCUT2D eigenvalue weighted by molar-refractivity contribution is 0.0700. The lowest BCUT2D eigenvalue weighted by Crippen LogP contribution is -2.02. The lowest BCUT2D eigenvalue weighted by atomic mass is 10.2. The summed E-state index contributed by atoms with van der Waals surface area (Å²) in [5.74, 6) is -0.846. The zero-order valence-corrected chi connectivity index (χ0v) is 10.2. The summed E-state index contributed by atoms with van der Waals surface area (Å²) < 4.78 is 1.96. The molecule has 5 heteroatoms. The minimum atomic E-state index is -0.846. The molecule has 16 heavy (non-hydrogen) atoms. The number of carboxylic acid groups (broad SMARTS) is 1. The molecule has 0 radical (unpaired) electrons. The van der Waals surface area contributed by atoms with E-state index in [1.54, 1.807) is 6.20 Å². The fourth-order valence-corrected chi connectivity index (χ4v) is 2.84. The van der Waals surface area contributed by atoms with Gasteiger partial charge in [-0.2, -0.15) is 0 Å². The molecular weight excluding hydrogens is 224 g/mol. The highest BCUT2D eigenvalue weighted by Gasteiger charge is 2.19. The molecule has 1 N–H and O–H groups in total. The van der Waals surface area contributed by atoms with E-state index in [-0.39, 0.29) is 0 Å². The predicted octanol–water partition coefficient (Wildman–Crippen LogP) is 2.75. The summed E-state index contributed by atoms with van der Waals surface area (Å²) in [6.45, 7) is 4.05. The van der Waals surface area contributed by atoms with Crippen LogP contribution in [0.4, 0.5) is 0 Å². The number of imidazole rings is 1. The highest BCUT2D eigenvalue weighted by atomic mass is 32.1. The van der Waals surface area contributed by atoms with Crippen LogP contribution in [-0.4, -0.2) is 20.5 Å². The van der Waals surface area contributed by atoms with E-state index in [9.17, 15) is 4.79 Å². The van der Waals surface area contributed by atoms with Crippen LogP contribution in [0.1, 0.15) is 40.8 Å². The topological polar surface area (TPSA) is 54.6 Å². The van der Waals surface area contributed by atoms with Crippen molar-refractivity contribution >= 4 is 22.3 Å². The molecule has 0 atom stereocenters. The maximum atomic E-state index is 11.1. The number of hydrogen-bond acceptors (Lipinski definition) is 3. The Morgan fingerprint density at radius 1 is 1.62 bits per heavy atom. The first-order valence-corrected chi connectivity index (χ1v) is 6.15. The van der Waals surface area contributed by atoms with Crippen molar-refractivity contribution in [2.24, 2.45) is 0 Å². The number of carbonyl (C=O) groups is 1. The van der Waals surface area contributed by atoms with Gasteiger partial charge < -0.3 is 5.11 Å². The third-order valence-electron chi connectivity index (χ3n) is 2.59. The Morgan fingerprint density at radius 3 is 3.00 bits per heavy atom. The summed E-state index contributed by atoms with van der Waals surface area (Å²) >= 11 is 1.26. The number of aryl methyl sites for hydroxylation is 2. The molecule has 0 bridgehead atoms. The van der Waals surface area contributed by atoms with Crippen LogP contribution in [0.5, 0.6) is 0 Å². The van der Waals surface area contributed by atoms with E-state index >= 15 is 0 Å². The number of carboxylic acids is 1. The van der Waals surface area contributed by atoms with Crippen LogP contribution >= 0.6 is 11.3 Å². The van der Waals surface area contributed by atoms with E-state index in [1.807, 2.05) is 11.3 Å². The Balaban J connectivity index is 2.57. The maximum Gasteiger partial charge on any atom is 0.347 e. The van der Waals surface area contributed by atoms with Crippen LogP contribution in [0.2, 0.25) is 0 Å². The second kappa shape index (κ2) is 4.25. The molecule has 0 amide bonds. The van der Waals surface area contributed by atoms with Gasteiger partial charge in [0.2, 0.25) is 0 Å². The van der Waals surface area contributed by atoms with Gasteiger partial charge in [0, 0.05) is 17.6 Å². The first kappa shape index (κ1) is 11.1. The van der Waals surface area contributed by atoms with Crippen LogP contribution in [0, 0.1) is 6.92 Å². The average molecular weight is 238 g/mol. The van der Waals surface area contributed by atoms with Crippen LogP contribution < -0.4 is 0 Å². The van der Waals surface area contributed by atoms with Crippen molar-refractivity contribution in [1.82, 2.24) is 9.38 Å². The van der Waals surface area contributed by atoms with E-state index in [2.05, 4.69) is 11.9 Å². The van der Waals surface area contributed by atoms with Gasteiger partial charge in [-0.05, 0) is 19.8 Å². The highest BCUT2D eigenvalue weighted by molar-refractivity contribution is 7.19. The van der Waals surface area contributed by atoms with Crippen LogP contribution in [0.15, 0.2) is 6.20 Å².